The van der Waals surface area contributed by atoms with Gasteiger partial charge in [-0.05, 0) is 61.5 Å². The lowest BCUT2D eigenvalue weighted by Gasteiger charge is -2.32. The molecule has 0 saturated heterocycles. The van der Waals surface area contributed by atoms with Crippen LogP contribution in [0.25, 0.3) is 21.9 Å². The van der Waals surface area contributed by atoms with Crippen molar-refractivity contribution in [2.75, 3.05) is 10.6 Å². The maximum Gasteiger partial charge on any atom is 0.433 e. The lowest BCUT2D eigenvalue weighted by atomic mass is 9.90. The number of nitrogens with zero attached hydrogens (tertiary/aromatic N) is 5. The predicted octanol–water partition coefficient (Wildman–Crippen LogP) is 6.07. The number of fused-ring (bicyclic) bond motifs is 2. The number of rotatable bonds is 4. The van der Waals surface area contributed by atoms with Crippen LogP contribution in [0.4, 0.5) is 24.7 Å². The van der Waals surface area contributed by atoms with E-state index >= 15 is 0 Å². The van der Waals surface area contributed by atoms with Gasteiger partial charge in [-0.3, -0.25) is 4.68 Å². The summed E-state index contributed by atoms with van der Waals surface area (Å²) in [7, 11) is 1.79. The van der Waals surface area contributed by atoms with Gasteiger partial charge in [-0.15, -0.1) is 0 Å². The zero-order valence-corrected chi connectivity index (χ0v) is 19.5. The van der Waals surface area contributed by atoms with E-state index < -0.39 is 11.9 Å². The van der Waals surface area contributed by atoms with Gasteiger partial charge in [-0.2, -0.15) is 28.2 Å². The summed E-state index contributed by atoms with van der Waals surface area (Å²) in [6, 6.07) is 5.71. The molecule has 1 aliphatic carbocycles. The smallest absolute Gasteiger partial charge is 0.382 e. The summed E-state index contributed by atoms with van der Waals surface area (Å²) in [6.07, 6.45) is 0.532. The van der Waals surface area contributed by atoms with E-state index in [1.54, 1.807) is 17.8 Å². The number of alkyl halides is 3. The van der Waals surface area contributed by atoms with E-state index in [2.05, 4.69) is 30.7 Å². The molecule has 12 heteroatoms. The van der Waals surface area contributed by atoms with Gasteiger partial charge < -0.3 is 10.6 Å². The van der Waals surface area contributed by atoms with Gasteiger partial charge in [0.15, 0.2) is 5.65 Å². The third kappa shape index (κ3) is 4.69. The highest BCUT2D eigenvalue weighted by atomic mass is 35.5. The molecule has 3 heterocycles. The average Bonchev–Trinajstić information content (AvgIpc) is 3.13. The maximum absolute atomic E-state index is 13.5. The van der Waals surface area contributed by atoms with Crippen LogP contribution in [0.3, 0.4) is 0 Å². The number of halogens is 5. The van der Waals surface area contributed by atoms with Crippen LogP contribution in [0.1, 0.15) is 31.4 Å². The normalized spacial score (nSPS) is 19.0. The van der Waals surface area contributed by atoms with Gasteiger partial charge in [0.05, 0.1) is 10.9 Å². The molecule has 2 N–H and O–H groups in total. The van der Waals surface area contributed by atoms with E-state index in [1.807, 2.05) is 6.20 Å². The first kappa shape index (κ1) is 22.9. The van der Waals surface area contributed by atoms with E-state index in [0.717, 1.165) is 30.7 Å². The molecule has 1 aliphatic rings. The lowest BCUT2D eigenvalue weighted by Crippen LogP contribution is -2.34. The third-order valence-electron chi connectivity index (χ3n) is 5.90. The standard InChI is InChI=1S/C22H20Cl2F3N7/c1-34-10-15-19(31-21(24)32-20(15)33-34)29-13-4-2-3-12(8-13)28-17-9-18(22(25,26)27)30-16-6-5-11(23)7-14(16)17/h5-7,9-10,12-13H,2-4,8H2,1H3,(H,28,30)(H,29,31,32,33)/t12-,13+/m0/s1. The van der Waals surface area contributed by atoms with E-state index in [1.165, 1.54) is 12.1 Å². The molecule has 0 amide bonds. The first-order chi connectivity index (χ1) is 16.2. The third-order valence-corrected chi connectivity index (χ3v) is 6.31. The molecule has 3 aromatic heterocycles. The minimum absolute atomic E-state index is 0.0411. The second kappa shape index (κ2) is 8.74. The van der Waals surface area contributed by atoms with E-state index in [0.29, 0.717) is 34.0 Å². The Labute approximate surface area is 202 Å². The Balaban J connectivity index is 1.41. The summed E-state index contributed by atoms with van der Waals surface area (Å²) in [5.41, 5.74) is 0.159. The molecule has 178 valence electrons. The van der Waals surface area contributed by atoms with Crippen LogP contribution in [0.5, 0.6) is 0 Å². The highest BCUT2D eigenvalue weighted by Crippen LogP contribution is 2.35. The molecule has 4 aromatic rings. The van der Waals surface area contributed by atoms with Crippen molar-refractivity contribution in [1.82, 2.24) is 24.7 Å². The highest BCUT2D eigenvalue weighted by Gasteiger charge is 2.34. The Hall–Kier alpha value is -2.85. The van der Waals surface area contributed by atoms with Gasteiger partial charge in [0.1, 0.15) is 11.5 Å². The fourth-order valence-electron chi connectivity index (χ4n) is 4.43. The number of aryl methyl sites for hydroxylation is 1. The maximum atomic E-state index is 13.5. The van der Waals surface area contributed by atoms with Gasteiger partial charge in [0.2, 0.25) is 5.28 Å². The summed E-state index contributed by atoms with van der Waals surface area (Å²) in [5.74, 6) is 0.592. The highest BCUT2D eigenvalue weighted by molar-refractivity contribution is 6.31. The Kier molecular flexibility index (Phi) is 5.89. The Morgan fingerprint density at radius 3 is 2.53 bits per heavy atom. The molecule has 1 aromatic carbocycles. The number of benzene rings is 1. The van der Waals surface area contributed by atoms with E-state index in [-0.39, 0.29) is 22.9 Å². The predicted molar refractivity (Wildman–Crippen MR) is 126 cm³/mol. The zero-order valence-electron chi connectivity index (χ0n) is 18.0. The summed E-state index contributed by atoms with van der Waals surface area (Å²) in [6.45, 7) is 0. The van der Waals surface area contributed by atoms with E-state index in [9.17, 15) is 13.2 Å². The lowest BCUT2D eigenvalue weighted by molar-refractivity contribution is -0.140. The van der Waals surface area contributed by atoms with Crippen LogP contribution in [0, 0.1) is 0 Å². The molecule has 7 nitrogen and oxygen atoms in total. The molecular weight excluding hydrogens is 490 g/mol. The second-order valence-electron chi connectivity index (χ2n) is 8.44. The summed E-state index contributed by atoms with van der Waals surface area (Å²) < 4.78 is 42.0. The van der Waals surface area contributed by atoms with Crippen molar-refractivity contribution >= 4 is 56.6 Å². The fraction of sp³-hybridized carbons (Fsp3) is 0.364. The van der Waals surface area contributed by atoms with Crippen molar-refractivity contribution in [1.29, 1.82) is 0 Å². The van der Waals surface area contributed by atoms with Gasteiger partial charge >= 0.3 is 6.18 Å². The van der Waals surface area contributed by atoms with Gasteiger partial charge in [0.25, 0.3) is 0 Å². The van der Waals surface area contributed by atoms with Crippen molar-refractivity contribution in [2.24, 2.45) is 7.05 Å². The van der Waals surface area contributed by atoms with Crippen LogP contribution in [-0.4, -0.2) is 36.8 Å². The van der Waals surface area contributed by atoms with Crippen LogP contribution < -0.4 is 10.6 Å². The van der Waals surface area contributed by atoms with Crippen molar-refractivity contribution in [2.45, 2.75) is 43.9 Å². The molecule has 1 saturated carbocycles. The summed E-state index contributed by atoms with van der Waals surface area (Å²) >= 11 is 12.2. The average molecular weight is 510 g/mol. The fourth-order valence-corrected chi connectivity index (χ4v) is 4.77. The Morgan fingerprint density at radius 1 is 1.00 bits per heavy atom. The summed E-state index contributed by atoms with van der Waals surface area (Å²) in [4.78, 5) is 12.3. The van der Waals surface area contributed by atoms with Crippen molar-refractivity contribution in [3.63, 3.8) is 0 Å². The molecular formula is C22H20Cl2F3N7. The second-order valence-corrected chi connectivity index (χ2v) is 9.22. The number of anilines is 2. The van der Waals surface area contributed by atoms with Gasteiger partial charge in [-0.1, -0.05) is 11.6 Å². The molecule has 0 radical (unpaired) electrons. The SMILES string of the molecule is Cn1cc2c(N[C@@H]3CCC[C@H](Nc4cc(C(F)(F)F)nc5ccc(Cl)cc45)C3)nc(Cl)nc2n1. The van der Waals surface area contributed by atoms with Crippen LogP contribution in [0.2, 0.25) is 10.3 Å². The molecule has 1 fully saturated rings. The molecule has 0 spiro atoms. The first-order valence-electron chi connectivity index (χ1n) is 10.7. The van der Waals surface area contributed by atoms with Crippen molar-refractivity contribution < 1.29 is 13.2 Å². The van der Waals surface area contributed by atoms with E-state index in [4.69, 9.17) is 23.2 Å². The van der Waals surface area contributed by atoms with Crippen LogP contribution in [0.15, 0.2) is 30.5 Å². The minimum atomic E-state index is -4.55. The Morgan fingerprint density at radius 2 is 1.76 bits per heavy atom. The van der Waals surface area contributed by atoms with Gasteiger partial charge in [-0.25, -0.2) is 4.98 Å². The number of aromatic nitrogens is 5. The molecule has 0 unspecified atom stereocenters. The number of hydrogen-bond donors (Lipinski definition) is 2. The quantitative estimate of drug-likeness (QED) is 0.325. The molecule has 0 aliphatic heterocycles. The number of hydrogen-bond acceptors (Lipinski definition) is 6. The monoisotopic (exact) mass is 509 g/mol. The molecule has 2 atom stereocenters. The minimum Gasteiger partial charge on any atom is -0.382 e. The van der Waals surface area contributed by atoms with Gasteiger partial charge in [0, 0.05) is 41.4 Å². The van der Waals surface area contributed by atoms with Crippen LogP contribution in [-0.2, 0) is 13.2 Å². The zero-order chi connectivity index (χ0) is 24.0. The van der Waals surface area contributed by atoms with Crippen molar-refractivity contribution in [3.05, 3.63) is 46.5 Å². The number of pyridine rings is 1. The first-order valence-corrected chi connectivity index (χ1v) is 11.5. The summed E-state index contributed by atoms with van der Waals surface area (Å²) in [5, 5.41) is 12.9. The number of nitrogens with one attached hydrogen (secondary N) is 2. The largest absolute Gasteiger partial charge is 0.433 e. The Bertz CT molecular complexity index is 1370. The molecule has 34 heavy (non-hydrogen) atoms. The van der Waals surface area contributed by atoms with Crippen molar-refractivity contribution in [3.8, 4) is 0 Å². The molecule has 0 bridgehead atoms. The topological polar surface area (TPSA) is 80.5 Å². The van der Waals surface area contributed by atoms with Crippen LogP contribution >= 0.6 is 23.2 Å². The molecule has 5 rings (SSSR count).